The molecule has 0 heterocycles. The minimum atomic E-state index is -0.230. The van der Waals surface area contributed by atoms with Crippen molar-refractivity contribution in [2.75, 3.05) is 13.7 Å². The van der Waals surface area contributed by atoms with E-state index in [2.05, 4.69) is 10.1 Å². The molecule has 94 valence electrons. The smallest absolute Gasteiger partial charge is 0.305 e. The van der Waals surface area contributed by atoms with E-state index in [1.165, 1.54) is 19.2 Å². The Bertz CT molecular complexity index is 351. The molecular weight excluding hydrogens is 221 g/mol. The molecule has 1 aromatic carbocycles. The highest BCUT2D eigenvalue weighted by Crippen LogP contribution is 2.12. The Morgan fingerprint density at radius 3 is 2.65 bits per heavy atom. The summed E-state index contributed by atoms with van der Waals surface area (Å²) in [4.78, 5) is 10.9. The maximum atomic E-state index is 12.7. The molecule has 3 nitrogen and oxygen atoms in total. The summed E-state index contributed by atoms with van der Waals surface area (Å²) >= 11 is 0. The fourth-order valence-corrected chi connectivity index (χ4v) is 1.52. The predicted octanol–water partition coefficient (Wildman–Crippen LogP) is 2.43. The standard InChI is InChI=1S/C13H18FNO2/c1-10(11-5-7-12(14)8-6-11)15-9-3-4-13(16)17-2/h5-8,10,15H,3-4,9H2,1-2H3/t10-/m1/s1. The molecule has 0 spiro atoms. The molecule has 17 heavy (non-hydrogen) atoms. The zero-order valence-corrected chi connectivity index (χ0v) is 10.2. The molecule has 1 atom stereocenters. The second-order valence-corrected chi connectivity index (χ2v) is 3.91. The van der Waals surface area contributed by atoms with Gasteiger partial charge in [0.25, 0.3) is 0 Å². The number of carbonyl (C=O) groups excluding carboxylic acids is 1. The minimum Gasteiger partial charge on any atom is -0.469 e. The lowest BCUT2D eigenvalue weighted by Crippen LogP contribution is -2.20. The largest absolute Gasteiger partial charge is 0.469 e. The van der Waals surface area contributed by atoms with Crippen LogP contribution in [0.1, 0.15) is 31.4 Å². The molecule has 1 N–H and O–H groups in total. The van der Waals surface area contributed by atoms with E-state index in [-0.39, 0.29) is 17.8 Å². The normalized spacial score (nSPS) is 12.2. The number of esters is 1. The van der Waals surface area contributed by atoms with Gasteiger partial charge in [0.05, 0.1) is 7.11 Å². The van der Waals surface area contributed by atoms with E-state index < -0.39 is 0 Å². The Morgan fingerprint density at radius 1 is 1.41 bits per heavy atom. The molecule has 0 saturated heterocycles. The molecule has 0 unspecified atom stereocenters. The molecule has 1 aromatic rings. The number of benzene rings is 1. The van der Waals surface area contributed by atoms with Gasteiger partial charge in [-0.1, -0.05) is 12.1 Å². The molecule has 0 saturated carbocycles. The molecule has 0 aliphatic rings. The van der Waals surface area contributed by atoms with Crippen molar-refractivity contribution in [3.63, 3.8) is 0 Å². The number of methoxy groups -OCH3 is 1. The van der Waals surface area contributed by atoms with E-state index in [4.69, 9.17) is 0 Å². The third kappa shape index (κ3) is 4.95. The predicted molar refractivity (Wildman–Crippen MR) is 64.1 cm³/mol. The second kappa shape index (κ2) is 7.01. The molecule has 1 rings (SSSR count). The van der Waals surface area contributed by atoms with Crippen LogP contribution in [-0.2, 0) is 9.53 Å². The summed E-state index contributed by atoms with van der Waals surface area (Å²) in [7, 11) is 1.39. The first kappa shape index (κ1) is 13.6. The number of hydrogen-bond acceptors (Lipinski definition) is 3. The monoisotopic (exact) mass is 239 g/mol. The van der Waals surface area contributed by atoms with E-state index in [1.54, 1.807) is 12.1 Å². The van der Waals surface area contributed by atoms with Crippen LogP contribution >= 0.6 is 0 Å². The molecule has 0 aliphatic heterocycles. The summed E-state index contributed by atoms with van der Waals surface area (Å²) in [6.07, 6.45) is 1.15. The summed E-state index contributed by atoms with van der Waals surface area (Å²) < 4.78 is 17.3. The Balaban J connectivity index is 2.27. The Labute approximate surface area is 101 Å². The number of nitrogens with one attached hydrogen (secondary N) is 1. The van der Waals surface area contributed by atoms with Crippen LogP contribution < -0.4 is 5.32 Å². The Morgan fingerprint density at radius 2 is 2.06 bits per heavy atom. The lowest BCUT2D eigenvalue weighted by atomic mass is 10.1. The highest BCUT2D eigenvalue weighted by atomic mass is 19.1. The van der Waals surface area contributed by atoms with Gasteiger partial charge in [0.2, 0.25) is 0 Å². The first-order valence-corrected chi connectivity index (χ1v) is 5.69. The van der Waals surface area contributed by atoms with E-state index in [0.29, 0.717) is 6.42 Å². The number of ether oxygens (including phenoxy) is 1. The van der Waals surface area contributed by atoms with Crippen LogP contribution in [0.5, 0.6) is 0 Å². The molecule has 0 amide bonds. The average Bonchev–Trinajstić information content (AvgIpc) is 2.34. The van der Waals surface area contributed by atoms with E-state index in [0.717, 1.165) is 18.5 Å². The molecule has 0 aliphatic carbocycles. The molecule has 0 bridgehead atoms. The summed E-state index contributed by atoms with van der Waals surface area (Å²) in [5.41, 5.74) is 1.03. The van der Waals surface area contributed by atoms with Crippen LogP contribution in [0.3, 0.4) is 0 Å². The van der Waals surface area contributed by atoms with Gasteiger partial charge in [-0.2, -0.15) is 0 Å². The Kier molecular flexibility index (Phi) is 5.63. The molecule has 4 heteroatoms. The second-order valence-electron chi connectivity index (χ2n) is 3.91. The van der Waals surface area contributed by atoms with Crippen LogP contribution in [0.4, 0.5) is 4.39 Å². The van der Waals surface area contributed by atoms with Gasteiger partial charge in [-0.25, -0.2) is 4.39 Å². The van der Waals surface area contributed by atoms with Crippen molar-refractivity contribution in [2.45, 2.75) is 25.8 Å². The number of halogens is 1. The third-order valence-electron chi connectivity index (χ3n) is 2.61. The summed E-state index contributed by atoms with van der Waals surface area (Å²) in [5.74, 6) is -0.423. The summed E-state index contributed by atoms with van der Waals surface area (Å²) in [6, 6.07) is 6.55. The summed E-state index contributed by atoms with van der Waals surface area (Å²) in [6.45, 7) is 2.74. The fraction of sp³-hybridized carbons (Fsp3) is 0.462. The van der Waals surface area contributed by atoms with Crippen LogP contribution in [0, 0.1) is 5.82 Å². The minimum absolute atomic E-state index is 0.147. The van der Waals surface area contributed by atoms with Gasteiger partial charge >= 0.3 is 5.97 Å². The van der Waals surface area contributed by atoms with Crippen LogP contribution in [0.15, 0.2) is 24.3 Å². The number of hydrogen-bond donors (Lipinski definition) is 1. The zero-order chi connectivity index (χ0) is 12.7. The SMILES string of the molecule is COC(=O)CCCN[C@H](C)c1ccc(F)cc1. The van der Waals surface area contributed by atoms with Gasteiger partial charge in [-0.3, -0.25) is 4.79 Å². The molecule has 0 radical (unpaired) electrons. The van der Waals surface area contributed by atoms with Crippen LogP contribution in [0.2, 0.25) is 0 Å². The maximum absolute atomic E-state index is 12.7. The lowest BCUT2D eigenvalue weighted by Gasteiger charge is -2.13. The molecular formula is C13H18FNO2. The van der Waals surface area contributed by atoms with Gasteiger partial charge in [0, 0.05) is 12.5 Å². The first-order chi connectivity index (χ1) is 8.13. The van der Waals surface area contributed by atoms with E-state index >= 15 is 0 Å². The van der Waals surface area contributed by atoms with Crippen LogP contribution in [-0.4, -0.2) is 19.6 Å². The molecule has 0 fully saturated rings. The van der Waals surface area contributed by atoms with Gasteiger partial charge in [0.15, 0.2) is 0 Å². The van der Waals surface area contributed by atoms with Crippen molar-refractivity contribution in [1.82, 2.24) is 5.32 Å². The van der Waals surface area contributed by atoms with Crippen molar-refractivity contribution in [3.8, 4) is 0 Å². The summed E-state index contributed by atoms with van der Waals surface area (Å²) in [5, 5.41) is 3.27. The quantitative estimate of drug-likeness (QED) is 0.612. The highest BCUT2D eigenvalue weighted by molar-refractivity contribution is 5.69. The van der Waals surface area contributed by atoms with Crippen molar-refractivity contribution < 1.29 is 13.9 Å². The van der Waals surface area contributed by atoms with Crippen molar-refractivity contribution in [3.05, 3.63) is 35.6 Å². The lowest BCUT2D eigenvalue weighted by molar-refractivity contribution is -0.140. The van der Waals surface area contributed by atoms with Crippen molar-refractivity contribution in [2.24, 2.45) is 0 Å². The fourth-order valence-electron chi connectivity index (χ4n) is 1.52. The third-order valence-corrected chi connectivity index (χ3v) is 2.61. The van der Waals surface area contributed by atoms with Crippen LogP contribution in [0.25, 0.3) is 0 Å². The van der Waals surface area contributed by atoms with Gasteiger partial charge in [-0.05, 0) is 37.6 Å². The topological polar surface area (TPSA) is 38.3 Å². The number of carbonyl (C=O) groups is 1. The number of rotatable bonds is 6. The van der Waals surface area contributed by atoms with E-state index in [1.807, 2.05) is 6.92 Å². The van der Waals surface area contributed by atoms with Gasteiger partial charge in [0.1, 0.15) is 5.82 Å². The van der Waals surface area contributed by atoms with Crippen molar-refractivity contribution in [1.29, 1.82) is 0 Å². The zero-order valence-electron chi connectivity index (χ0n) is 10.2. The van der Waals surface area contributed by atoms with E-state index in [9.17, 15) is 9.18 Å². The maximum Gasteiger partial charge on any atom is 0.305 e. The first-order valence-electron chi connectivity index (χ1n) is 5.69. The average molecular weight is 239 g/mol. The molecule has 0 aromatic heterocycles. The van der Waals surface area contributed by atoms with Gasteiger partial charge < -0.3 is 10.1 Å². The highest BCUT2D eigenvalue weighted by Gasteiger charge is 2.05. The Hall–Kier alpha value is -1.42. The van der Waals surface area contributed by atoms with Crippen molar-refractivity contribution >= 4 is 5.97 Å². The van der Waals surface area contributed by atoms with Gasteiger partial charge in [-0.15, -0.1) is 0 Å².